The van der Waals surface area contributed by atoms with Crippen LogP contribution in [0.4, 0.5) is 15.8 Å². The molecule has 2 amide bonds. The van der Waals surface area contributed by atoms with Crippen molar-refractivity contribution in [1.29, 1.82) is 0 Å². The van der Waals surface area contributed by atoms with Crippen molar-refractivity contribution in [3.63, 3.8) is 0 Å². The van der Waals surface area contributed by atoms with Gasteiger partial charge in [-0.05, 0) is 78.4 Å². The number of methoxy groups -OCH3 is 2. The number of thioether (sulfide) groups is 1. The zero-order valence-corrected chi connectivity index (χ0v) is 24.3. The van der Waals surface area contributed by atoms with Crippen molar-refractivity contribution in [3.8, 4) is 11.5 Å². The summed E-state index contributed by atoms with van der Waals surface area (Å²) in [7, 11) is 3.12. The quantitative estimate of drug-likeness (QED) is 0.199. The molecule has 4 rings (SSSR count). The number of rotatable bonds is 11. The van der Waals surface area contributed by atoms with Gasteiger partial charge in [0.15, 0.2) is 23.3 Å². The minimum atomic E-state index is -0.414. The van der Waals surface area contributed by atoms with Gasteiger partial charge in [0.25, 0.3) is 11.8 Å². The summed E-state index contributed by atoms with van der Waals surface area (Å²) < 4.78 is 30.1. The monoisotopic (exact) mass is 627 g/mol. The van der Waals surface area contributed by atoms with Crippen LogP contribution in [-0.2, 0) is 14.3 Å². The molecule has 1 fully saturated rings. The molecule has 0 unspecified atom stereocenters. The molecule has 0 atom stereocenters. The van der Waals surface area contributed by atoms with E-state index >= 15 is 0 Å². The van der Waals surface area contributed by atoms with E-state index in [0.29, 0.717) is 56.9 Å². The standard InChI is InChI=1S/C29H27BrFN3O5S/c1-37-14-6-13-34-28(36)26(40-29(34)33-21-7-4-3-5-8-21)16-19-15-24(38-2)25(17-23(19)30)39-18-27(35)32-22-11-9-20(31)10-12-22/h3-5,7-12,15-17H,6,13-14,18H2,1-2H3,(H,32,35). The molecule has 3 aromatic carbocycles. The van der Waals surface area contributed by atoms with Crippen LogP contribution in [0.25, 0.3) is 6.08 Å². The van der Waals surface area contributed by atoms with Crippen LogP contribution in [0.5, 0.6) is 11.5 Å². The molecule has 0 spiro atoms. The average Bonchev–Trinajstić information content (AvgIpc) is 3.24. The van der Waals surface area contributed by atoms with Crippen molar-refractivity contribution in [2.24, 2.45) is 4.99 Å². The Hall–Kier alpha value is -3.67. The summed E-state index contributed by atoms with van der Waals surface area (Å²) in [4.78, 5) is 32.5. The summed E-state index contributed by atoms with van der Waals surface area (Å²) in [6.07, 6.45) is 2.43. The molecule has 0 aliphatic carbocycles. The maximum atomic E-state index is 13.4. The van der Waals surface area contributed by atoms with E-state index < -0.39 is 11.7 Å². The predicted molar refractivity (Wildman–Crippen MR) is 159 cm³/mol. The summed E-state index contributed by atoms with van der Waals surface area (Å²) in [5.41, 5.74) is 1.90. The smallest absolute Gasteiger partial charge is 0.266 e. The summed E-state index contributed by atoms with van der Waals surface area (Å²) >= 11 is 4.84. The van der Waals surface area contributed by atoms with E-state index in [4.69, 9.17) is 19.2 Å². The number of carbonyl (C=O) groups is 2. The molecule has 208 valence electrons. The fraction of sp³-hybridized carbons (Fsp3) is 0.207. The highest BCUT2D eigenvalue weighted by Gasteiger charge is 2.33. The highest BCUT2D eigenvalue weighted by atomic mass is 79.9. The van der Waals surface area contributed by atoms with Crippen LogP contribution in [0.2, 0.25) is 0 Å². The number of halogens is 2. The maximum absolute atomic E-state index is 13.4. The lowest BCUT2D eigenvalue weighted by atomic mass is 10.2. The Morgan fingerprint density at radius 1 is 1.10 bits per heavy atom. The molecule has 1 heterocycles. The Morgan fingerprint density at radius 2 is 1.85 bits per heavy atom. The van der Waals surface area contributed by atoms with Crippen LogP contribution in [0, 0.1) is 5.82 Å². The first-order chi connectivity index (χ1) is 19.4. The lowest BCUT2D eigenvalue weighted by Crippen LogP contribution is -2.30. The molecule has 1 aliphatic rings. The number of para-hydroxylation sites is 1. The van der Waals surface area contributed by atoms with Crippen LogP contribution in [0.15, 0.2) is 81.1 Å². The molecule has 1 saturated heterocycles. The number of nitrogens with zero attached hydrogens (tertiary/aromatic N) is 2. The van der Waals surface area contributed by atoms with Gasteiger partial charge in [-0.2, -0.15) is 0 Å². The molecule has 0 radical (unpaired) electrons. The number of hydrogen-bond donors (Lipinski definition) is 1. The number of amidine groups is 1. The lowest BCUT2D eigenvalue weighted by molar-refractivity contribution is -0.122. The molecule has 0 aromatic heterocycles. The molecule has 3 aromatic rings. The van der Waals surface area contributed by atoms with Gasteiger partial charge >= 0.3 is 0 Å². The first-order valence-electron chi connectivity index (χ1n) is 12.3. The second kappa shape index (κ2) is 14.1. The Bertz CT molecular complexity index is 1420. The molecular weight excluding hydrogens is 601 g/mol. The van der Waals surface area contributed by atoms with E-state index in [1.807, 2.05) is 30.3 Å². The van der Waals surface area contributed by atoms with Crippen molar-refractivity contribution in [2.75, 3.05) is 39.3 Å². The molecule has 1 N–H and O–H groups in total. The lowest BCUT2D eigenvalue weighted by Gasteiger charge is -2.15. The Labute approximate surface area is 244 Å². The zero-order valence-electron chi connectivity index (χ0n) is 21.9. The topological polar surface area (TPSA) is 89.5 Å². The number of benzene rings is 3. The Kier molecular flexibility index (Phi) is 10.3. The van der Waals surface area contributed by atoms with Gasteiger partial charge in [-0.25, -0.2) is 9.38 Å². The summed E-state index contributed by atoms with van der Waals surface area (Å²) in [6, 6.07) is 18.3. The molecule has 8 nitrogen and oxygen atoms in total. The third-order valence-electron chi connectivity index (χ3n) is 5.66. The van der Waals surface area contributed by atoms with Crippen LogP contribution in [0.3, 0.4) is 0 Å². The van der Waals surface area contributed by atoms with Gasteiger partial charge in [0.05, 0.1) is 17.7 Å². The normalized spacial score (nSPS) is 15.1. The van der Waals surface area contributed by atoms with Crippen LogP contribution < -0.4 is 14.8 Å². The molecule has 11 heteroatoms. The molecule has 0 bridgehead atoms. The number of hydrogen-bond acceptors (Lipinski definition) is 7. The summed E-state index contributed by atoms with van der Waals surface area (Å²) in [5, 5.41) is 3.23. The molecule has 40 heavy (non-hydrogen) atoms. The van der Waals surface area contributed by atoms with E-state index in [0.717, 1.165) is 5.69 Å². The van der Waals surface area contributed by atoms with Crippen molar-refractivity contribution >= 4 is 62.1 Å². The number of aliphatic imine (C=N–C) groups is 1. The minimum absolute atomic E-state index is 0.153. The second-order valence-corrected chi connectivity index (χ2v) is 10.4. The molecule has 1 aliphatic heterocycles. The van der Waals surface area contributed by atoms with E-state index in [1.165, 1.54) is 43.1 Å². The SMILES string of the molecule is COCCCN1C(=O)C(=Cc2cc(OC)c(OCC(=O)Nc3ccc(F)cc3)cc2Br)SC1=Nc1ccccc1. The summed E-state index contributed by atoms with van der Waals surface area (Å²) in [6.45, 7) is 0.711. The van der Waals surface area contributed by atoms with Crippen molar-refractivity contribution in [3.05, 3.63) is 87.5 Å². The van der Waals surface area contributed by atoms with Gasteiger partial charge in [0.1, 0.15) is 5.82 Å². The van der Waals surface area contributed by atoms with Crippen molar-refractivity contribution < 1.29 is 28.2 Å². The highest BCUT2D eigenvalue weighted by Crippen LogP contribution is 2.39. The van der Waals surface area contributed by atoms with Gasteiger partial charge < -0.3 is 19.5 Å². The van der Waals surface area contributed by atoms with E-state index in [-0.39, 0.29) is 12.5 Å². The fourth-order valence-corrected chi connectivity index (χ4v) is 5.17. The van der Waals surface area contributed by atoms with Crippen molar-refractivity contribution in [2.45, 2.75) is 6.42 Å². The number of anilines is 1. The third-order valence-corrected chi connectivity index (χ3v) is 7.35. The minimum Gasteiger partial charge on any atom is -0.493 e. The number of amides is 2. The van der Waals surface area contributed by atoms with Gasteiger partial charge in [-0.1, -0.05) is 34.1 Å². The van der Waals surface area contributed by atoms with Crippen LogP contribution in [0.1, 0.15) is 12.0 Å². The predicted octanol–water partition coefficient (Wildman–Crippen LogP) is 6.25. The fourth-order valence-electron chi connectivity index (χ4n) is 3.72. The van der Waals surface area contributed by atoms with Crippen LogP contribution >= 0.6 is 27.7 Å². The number of ether oxygens (including phenoxy) is 3. The Balaban J connectivity index is 1.52. The molecular formula is C29H27BrFN3O5S. The second-order valence-electron chi connectivity index (χ2n) is 8.51. The zero-order chi connectivity index (χ0) is 28.5. The van der Waals surface area contributed by atoms with Gasteiger partial charge in [-0.3, -0.25) is 14.5 Å². The van der Waals surface area contributed by atoms with Crippen LogP contribution in [-0.4, -0.2) is 55.9 Å². The van der Waals surface area contributed by atoms with E-state index in [9.17, 15) is 14.0 Å². The van der Waals surface area contributed by atoms with Gasteiger partial charge in [0.2, 0.25) is 0 Å². The van der Waals surface area contributed by atoms with Gasteiger partial charge in [0, 0.05) is 30.4 Å². The van der Waals surface area contributed by atoms with Crippen molar-refractivity contribution in [1.82, 2.24) is 4.90 Å². The van der Waals surface area contributed by atoms with E-state index in [1.54, 1.807) is 30.2 Å². The highest BCUT2D eigenvalue weighted by molar-refractivity contribution is 9.10. The largest absolute Gasteiger partial charge is 0.493 e. The summed E-state index contributed by atoms with van der Waals surface area (Å²) in [5.74, 6) is -0.240. The molecule has 0 saturated carbocycles. The van der Waals surface area contributed by atoms with Gasteiger partial charge in [-0.15, -0.1) is 0 Å². The first-order valence-corrected chi connectivity index (χ1v) is 13.9. The first kappa shape index (κ1) is 29.3. The number of carbonyl (C=O) groups excluding carboxylic acids is 2. The Morgan fingerprint density at radius 3 is 2.55 bits per heavy atom. The number of nitrogens with one attached hydrogen (secondary N) is 1. The average molecular weight is 629 g/mol. The third kappa shape index (κ3) is 7.71. The maximum Gasteiger partial charge on any atom is 0.266 e. The van der Waals surface area contributed by atoms with E-state index in [2.05, 4.69) is 21.2 Å².